The molecule has 1 aromatic carbocycles. The number of benzene rings is 1. The second-order valence-corrected chi connectivity index (χ2v) is 7.55. The SMILES string of the molecule is O=C(C1COc2ccccc2O1)N1CCN(c2cc(N3CCOCC3)cnn2)CC1. The minimum Gasteiger partial charge on any atom is -0.485 e. The molecule has 1 unspecified atom stereocenters. The molecule has 0 radical (unpaired) electrons. The third-order valence-corrected chi connectivity index (χ3v) is 5.70. The number of carbonyl (C=O) groups is 1. The summed E-state index contributed by atoms with van der Waals surface area (Å²) in [5.74, 6) is 2.12. The Morgan fingerprint density at radius 3 is 2.53 bits per heavy atom. The summed E-state index contributed by atoms with van der Waals surface area (Å²) >= 11 is 0. The van der Waals surface area contributed by atoms with Crippen molar-refractivity contribution in [3.05, 3.63) is 36.5 Å². The topological polar surface area (TPSA) is 80.3 Å². The summed E-state index contributed by atoms with van der Waals surface area (Å²) in [4.78, 5) is 19.2. The van der Waals surface area contributed by atoms with Crippen LogP contribution in [0.2, 0.25) is 0 Å². The molecule has 1 aromatic heterocycles. The summed E-state index contributed by atoms with van der Waals surface area (Å²) in [6, 6.07) is 9.51. The molecule has 9 heteroatoms. The summed E-state index contributed by atoms with van der Waals surface area (Å²) in [6.45, 7) is 6.07. The first-order chi connectivity index (χ1) is 14.8. The normalized spacial score (nSPS) is 21.5. The highest BCUT2D eigenvalue weighted by molar-refractivity contribution is 5.82. The largest absolute Gasteiger partial charge is 0.485 e. The lowest BCUT2D eigenvalue weighted by Gasteiger charge is -2.37. The second-order valence-electron chi connectivity index (χ2n) is 7.55. The molecule has 0 saturated carbocycles. The predicted octanol–water partition coefficient (Wildman–Crippen LogP) is 0.802. The molecular weight excluding hydrogens is 386 g/mol. The summed E-state index contributed by atoms with van der Waals surface area (Å²) < 4.78 is 17.0. The molecule has 0 aliphatic carbocycles. The molecular formula is C21H25N5O4. The molecule has 9 nitrogen and oxygen atoms in total. The van der Waals surface area contributed by atoms with E-state index in [0.717, 1.165) is 37.8 Å². The number of piperazine rings is 1. The Labute approximate surface area is 175 Å². The Kier molecular flexibility index (Phi) is 5.27. The van der Waals surface area contributed by atoms with Gasteiger partial charge in [0.2, 0.25) is 6.10 Å². The standard InChI is InChI=1S/C21H25N5O4/c27-21(19-15-29-17-3-1-2-4-18(17)30-19)26-7-5-25(6-8-26)20-13-16(14-22-23-20)24-9-11-28-12-10-24/h1-4,13-14,19H,5-12,15H2. The van der Waals surface area contributed by atoms with Crippen molar-refractivity contribution in [2.24, 2.45) is 0 Å². The van der Waals surface area contributed by atoms with Crippen LogP contribution in [0.3, 0.4) is 0 Å². The van der Waals surface area contributed by atoms with E-state index >= 15 is 0 Å². The molecule has 0 N–H and O–H groups in total. The summed E-state index contributed by atoms with van der Waals surface area (Å²) in [7, 11) is 0. The maximum Gasteiger partial charge on any atom is 0.267 e. The maximum atomic E-state index is 12.9. The molecule has 3 aliphatic heterocycles. The van der Waals surface area contributed by atoms with E-state index in [-0.39, 0.29) is 12.5 Å². The maximum absolute atomic E-state index is 12.9. The molecule has 3 aliphatic rings. The van der Waals surface area contributed by atoms with Gasteiger partial charge >= 0.3 is 0 Å². The van der Waals surface area contributed by atoms with Crippen LogP contribution in [-0.2, 0) is 9.53 Å². The number of fused-ring (bicyclic) bond motifs is 1. The lowest BCUT2D eigenvalue weighted by atomic mass is 10.2. The number of anilines is 2. The smallest absolute Gasteiger partial charge is 0.267 e. The lowest BCUT2D eigenvalue weighted by Crippen LogP contribution is -2.54. The van der Waals surface area contributed by atoms with Gasteiger partial charge in [-0.15, -0.1) is 5.10 Å². The third-order valence-electron chi connectivity index (χ3n) is 5.70. The van der Waals surface area contributed by atoms with E-state index in [1.54, 1.807) is 6.20 Å². The van der Waals surface area contributed by atoms with E-state index in [4.69, 9.17) is 14.2 Å². The summed E-state index contributed by atoms with van der Waals surface area (Å²) in [5.41, 5.74) is 1.06. The van der Waals surface area contributed by atoms with Crippen molar-refractivity contribution in [3.8, 4) is 11.5 Å². The fourth-order valence-corrected chi connectivity index (χ4v) is 4.00. The summed E-state index contributed by atoms with van der Waals surface area (Å²) in [6.07, 6.45) is 1.20. The molecule has 2 aromatic rings. The number of morpholine rings is 1. The number of rotatable bonds is 3. The van der Waals surface area contributed by atoms with Gasteiger partial charge in [-0.3, -0.25) is 4.79 Å². The molecule has 4 heterocycles. The molecule has 5 rings (SSSR count). The number of hydrogen-bond acceptors (Lipinski definition) is 8. The molecule has 30 heavy (non-hydrogen) atoms. The Morgan fingerprint density at radius 1 is 0.967 bits per heavy atom. The summed E-state index contributed by atoms with van der Waals surface area (Å²) in [5, 5.41) is 8.51. The van der Waals surface area contributed by atoms with Crippen LogP contribution in [0.15, 0.2) is 36.5 Å². The van der Waals surface area contributed by atoms with Gasteiger partial charge in [0.05, 0.1) is 25.1 Å². The van der Waals surface area contributed by atoms with Gasteiger partial charge in [0.1, 0.15) is 6.61 Å². The Hall–Kier alpha value is -3.07. The molecule has 2 saturated heterocycles. The first-order valence-electron chi connectivity index (χ1n) is 10.4. The van der Waals surface area contributed by atoms with Gasteiger partial charge in [-0.05, 0) is 12.1 Å². The molecule has 0 spiro atoms. The molecule has 1 atom stereocenters. The van der Waals surface area contributed by atoms with Crippen molar-refractivity contribution in [3.63, 3.8) is 0 Å². The highest BCUT2D eigenvalue weighted by atomic mass is 16.6. The van der Waals surface area contributed by atoms with Crippen molar-refractivity contribution in [2.75, 3.05) is 68.9 Å². The lowest BCUT2D eigenvalue weighted by molar-refractivity contribution is -0.141. The number of nitrogens with zero attached hydrogens (tertiary/aromatic N) is 5. The number of aromatic nitrogens is 2. The third kappa shape index (κ3) is 3.85. The van der Waals surface area contributed by atoms with Crippen LogP contribution < -0.4 is 19.3 Å². The van der Waals surface area contributed by atoms with E-state index in [9.17, 15) is 4.79 Å². The van der Waals surface area contributed by atoms with Crippen LogP contribution in [0, 0.1) is 0 Å². The predicted molar refractivity (Wildman–Crippen MR) is 110 cm³/mol. The fourth-order valence-electron chi connectivity index (χ4n) is 4.00. The van der Waals surface area contributed by atoms with E-state index in [1.807, 2.05) is 29.2 Å². The number of hydrogen-bond donors (Lipinski definition) is 0. The van der Waals surface area contributed by atoms with E-state index < -0.39 is 6.10 Å². The first kappa shape index (κ1) is 18.9. The molecule has 2 fully saturated rings. The zero-order valence-electron chi connectivity index (χ0n) is 16.8. The Balaban J connectivity index is 1.19. The van der Waals surface area contributed by atoms with Crippen molar-refractivity contribution in [2.45, 2.75) is 6.10 Å². The van der Waals surface area contributed by atoms with Gasteiger partial charge in [-0.1, -0.05) is 12.1 Å². The molecule has 158 valence electrons. The van der Waals surface area contributed by atoms with Crippen molar-refractivity contribution < 1.29 is 19.0 Å². The second kappa shape index (κ2) is 8.35. The van der Waals surface area contributed by atoms with Gasteiger partial charge in [0.25, 0.3) is 5.91 Å². The zero-order valence-corrected chi connectivity index (χ0v) is 16.8. The minimum absolute atomic E-state index is 0.0303. The van der Waals surface area contributed by atoms with Crippen molar-refractivity contribution in [1.29, 1.82) is 0 Å². The van der Waals surface area contributed by atoms with Crippen LogP contribution in [0.25, 0.3) is 0 Å². The highest BCUT2D eigenvalue weighted by Gasteiger charge is 2.33. The molecule has 0 bridgehead atoms. The van der Waals surface area contributed by atoms with E-state index in [1.165, 1.54) is 0 Å². The zero-order chi connectivity index (χ0) is 20.3. The van der Waals surface area contributed by atoms with Crippen LogP contribution in [0.4, 0.5) is 11.5 Å². The van der Waals surface area contributed by atoms with Gasteiger partial charge in [0.15, 0.2) is 17.3 Å². The van der Waals surface area contributed by atoms with Crippen molar-refractivity contribution >= 4 is 17.4 Å². The Morgan fingerprint density at radius 2 is 1.73 bits per heavy atom. The Bertz CT molecular complexity index is 896. The van der Waals surface area contributed by atoms with Gasteiger partial charge in [-0.25, -0.2) is 0 Å². The highest BCUT2D eigenvalue weighted by Crippen LogP contribution is 2.31. The quantitative estimate of drug-likeness (QED) is 0.734. The molecule has 1 amide bonds. The average Bonchev–Trinajstić information content (AvgIpc) is 2.84. The van der Waals surface area contributed by atoms with Crippen LogP contribution in [0.1, 0.15) is 0 Å². The number of ether oxygens (including phenoxy) is 3. The van der Waals surface area contributed by atoms with Crippen molar-refractivity contribution in [1.82, 2.24) is 15.1 Å². The van der Waals surface area contributed by atoms with Gasteiger partial charge in [0, 0.05) is 45.3 Å². The minimum atomic E-state index is -0.601. The van der Waals surface area contributed by atoms with E-state index in [2.05, 4.69) is 26.1 Å². The van der Waals surface area contributed by atoms with Crippen LogP contribution >= 0.6 is 0 Å². The van der Waals surface area contributed by atoms with Gasteiger partial charge in [-0.2, -0.15) is 5.10 Å². The monoisotopic (exact) mass is 411 g/mol. The van der Waals surface area contributed by atoms with Crippen LogP contribution in [0.5, 0.6) is 11.5 Å². The fraction of sp³-hybridized carbons (Fsp3) is 0.476. The number of amides is 1. The average molecular weight is 411 g/mol. The first-order valence-corrected chi connectivity index (χ1v) is 10.4. The van der Waals surface area contributed by atoms with E-state index in [0.29, 0.717) is 37.7 Å². The number of para-hydroxylation sites is 2. The van der Waals surface area contributed by atoms with Gasteiger partial charge < -0.3 is 28.9 Å². The number of carbonyl (C=O) groups excluding carboxylic acids is 1. The van der Waals surface area contributed by atoms with Crippen LogP contribution in [-0.4, -0.2) is 86.2 Å².